The number of carbonyl (C=O) groups excluding carboxylic acids is 4. The topological polar surface area (TPSA) is 156 Å². The van der Waals surface area contributed by atoms with Crippen LogP contribution in [-0.2, 0) is 22.7 Å². The lowest BCUT2D eigenvalue weighted by atomic mass is 10.0. The zero-order chi connectivity index (χ0) is 41.2. The van der Waals surface area contributed by atoms with Crippen molar-refractivity contribution in [1.82, 2.24) is 35.0 Å². The van der Waals surface area contributed by atoms with Crippen LogP contribution in [0, 0.1) is 6.92 Å². The molecule has 0 bridgehead atoms. The Labute approximate surface area is 349 Å². The minimum Gasteiger partial charge on any atom is -0.371 e. The SMILES string of the molecule is Cc1ccc(NC(=O)c2ccc(N3CCC(N4CCN(Cc5ccc6c(c5)CN(C5CCC(=O)NC5=O)C6=O)CC4)CC3)cc2)cc1Nc1nccc(-c2cccnc2)n1. The largest absolute Gasteiger partial charge is 0.371 e. The number of piperidine rings is 2. The van der Waals surface area contributed by atoms with E-state index in [0.717, 1.165) is 92.4 Å². The van der Waals surface area contributed by atoms with Crippen molar-refractivity contribution in [3.05, 3.63) is 125 Å². The van der Waals surface area contributed by atoms with Crippen LogP contribution in [0.25, 0.3) is 11.3 Å². The molecule has 9 rings (SSSR count). The first-order chi connectivity index (χ1) is 29.2. The molecule has 0 radical (unpaired) electrons. The van der Waals surface area contributed by atoms with E-state index in [2.05, 4.69) is 51.7 Å². The molecule has 0 saturated carbocycles. The molecular weight excluding hydrogens is 757 g/mol. The fraction of sp³-hybridized carbons (Fsp3) is 0.326. The molecule has 1 atom stereocenters. The van der Waals surface area contributed by atoms with Gasteiger partial charge in [-0.2, -0.15) is 0 Å². The lowest BCUT2D eigenvalue weighted by Crippen LogP contribution is -2.53. The molecule has 3 N–H and O–H groups in total. The van der Waals surface area contributed by atoms with Crippen LogP contribution in [0.1, 0.15) is 63.1 Å². The van der Waals surface area contributed by atoms with Gasteiger partial charge in [-0.3, -0.25) is 39.3 Å². The van der Waals surface area contributed by atoms with Crippen molar-refractivity contribution in [3.63, 3.8) is 0 Å². The third kappa shape index (κ3) is 8.47. The lowest BCUT2D eigenvalue weighted by molar-refractivity contribution is -0.136. The lowest BCUT2D eigenvalue weighted by Gasteiger charge is -2.43. The fourth-order valence-electron chi connectivity index (χ4n) is 8.84. The van der Waals surface area contributed by atoms with E-state index in [1.165, 1.54) is 5.56 Å². The van der Waals surface area contributed by atoms with Crippen molar-refractivity contribution in [2.75, 3.05) is 54.8 Å². The van der Waals surface area contributed by atoms with E-state index in [0.29, 0.717) is 41.8 Å². The summed E-state index contributed by atoms with van der Waals surface area (Å²) in [6.45, 7) is 9.15. The third-order valence-corrected chi connectivity index (χ3v) is 12.2. The number of nitrogens with one attached hydrogen (secondary N) is 3. The highest BCUT2D eigenvalue weighted by Crippen LogP contribution is 2.30. The van der Waals surface area contributed by atoms with Gasteiger partial charge in [-0.25, -0.2) is 9.97 Å². The van der Waals surface area contributed by atoms with Crippen molar-refractivity contribution in [2.45, 2.75) is 57.8 Å². The molecule has 2 aromatic heterocycles. The van der Waals surface area contributed by atoms with Crippen molar-refractivity contribution >= 4 is 46.6 Å². The number of aryl methyl sites for hydroxylation is 1. The van der Waals surface area contributed by atoms with Gasteiger partial charge in [0.2, 0.25) is 17.8 Å². The van der Waals surface area contributed by atoms with Crippen LogP contribution < -0.4 is 20.9 Å². The first-order valence-corrected chi connectivity index (χ1v) is 20.7. The number of anilines is 4. The van der Waals surface area contributed by atoms with Gasteiger partial charge in [0.1, 0.15) is 6.04 Å². The van der Waals surface area contributed by atoms with Crippen LogP contribution >= 0.6 is 0 Å². The number of carbonyl (C=O) groups is 4. The summed E-state index contributed by atoms with van der Waals surface area (Å²) in [5, 5.41) is 8.73. The molecule has 4 amide bonds. The first-order valence-electron chi connectivity index (χ1n) is 20.7. The molecule has 1 unspecified atom stereocenters. The Balaban J connectivity index is 0.730. The Hall–Kier alpha value is -6.51. The Bertz CT molecular complexity index is 2410. The molecule has 0 spiro atoms. The van der Waals surface area contributed by atoms with Crippen LogP contribution in [0.3, 0.4) is 0 Å². The molecule has 4 aliphatic rings. The van der Waals surface area contributed by atoms with Gasteiger partial charge in [0.15, 0.2) is 0 Å². The number of piperazine rings is 1. The fourth-order valence-corrected chi connectivity index (χ4v) is 8.84. The van der Waals surface area contributed by atoms with Gasteiger partial charge in [-0.1, -0.05) is 18.2 Å². The van der Waals surface area contributed by atoms with Crippen LogP contribution in [0.2, 0.25) is 0 Å². The molecule has 306 valence electrons. The number of rotatable bonds is 10. The molecular formula is C46H48N10O4. The first kappa shape index (κ1) is 39.0. The minimum absolute atomic E-state index is 0.135. The summed E-state index contributed by atoms with van der Waals surface area (Å²) in [5.41, 5.74) is 8.62. The number of nitrogens with zero attached hydrogens (tertiary/aromatic N) is 7. The van der Waals surface area contributed by atoms with E-state index in [9.17, 15) is 19.2 Å². The summed E-state index contributed by atoms with van der Waals surface area (Å²) in [5.74, 6) is -0.513. The second-order valence-corrected chi connectivity index (χ2v) is 16.1. The molecule has 0 aliphatic carbocycles. The van der Waals surface area contributed by atoms with E-state index in [-0.39, 0.29) is 30.0 Å². The molecule has 5 aromatic rings. The van der Waals surface area contributed by atoms with Gasteiger partial charge < -0.3 is 20.4 Å². The average molecular weight is 805 g/mol. The minimum atomic E-state index is -0.597. The van der Waals surface area contributed by atoms with E-state index in [1.54, 1.807) is 23.5 Å². The molecule has 6 heterocycles. The summed E-state index contributed by atoms with van der Waals surface area (Å²) in [4.78, 5) is 72.9. The number of pyridine rings is 1. The standard InChI is InChI=1S/C46H48N10O4/c1-30-4-8-35(26-40(30)51-46-48-18-14-39(50-46)33-3-2-17-47-27-33)49-43(58)32-6-9-36(10-7-32)54-19-15-37(16-20-54)55-23-21-53(22-24-55)28-31-5-11-38-34(25-31)29-56(45(38)60)41-12-13-42(57)52-44(41)59/h2-11,14,17-18,25-27,37,41H,12-13,15-16,19-24,28-29H2,1H3,(H,49,58)(H,48,50,51)(H,52,57,59). The number of aromatic nitrogens is 3. The number of hydrogen-bond acceptors (Lipinski definition) is 11. The summed E-state index contributed by atoms with van der Waals surface area (Å²) in [6, 6.07) is 25.3. The number of fused-ring (bicyclic) bond motifs is 1. The monoisotopic (exact) mass is 804 g/mol. The van der Waals surface area contributed by atoms with Crippen molar-refractivity contribution in [2.24, 2.45) is 0 Å². The summed E-state index contributed by atoms with van der Waals surface area (Å²) in [7, 11) is 0. The van der Waals surface area contributed by atoms with Crippen molar-refractivity contribution < 1.29 is 19.2 Å². The maximum absolute atomic E-state index is 13.3. The molecule has 3 fully saturated rings. The average Bonchev–Trinajstić information content (AvgIpc) is 3.60. The second-order valence-electron chi connectivity index (χ2n) is 16.1. The molecule has 60 heavy (non-hydrogen) atoms. The van der Waals surface area contributed by atoms with Crippen LogP contribution in [0.5, 0.6) is 0 Å². The highest BCUT2D eigenvalue weighted by Gasteiger charge is 2.39. The summed E-state index contributed by atoms with van der Waals surface area (Å²) >= 11 is 0. The summed E-state index contributed by atoms with van der Waals surface area (Å²) < 4.78 is 0. The molecule has 3 aromatic carbocycles. The van der Waals surface area contributed by atoms with Crippen LogP contribution in [0.15, 0.2) is 97.5 Å². The van der Waals surface area contributed by atoms with Gasteiger partial charge in [-0.15, -0.1) is 0 Å². The highest BCUT2D eigenvalue weighted by atomic mass is 16.2. The zero-order valence-electron chi connectivity index (χ0n) is 33.6. The summed E-state index contributed by atoms with van der Waals surface area (Å²) in [6.07, 6.45) is 8.00. The van der Waals surface area contributed by atoms with Crippen molar-refractivity contribution in [1.29, 1.82) is 0 Å². The van der Waals surface area contributed by atoms with E-state index < -0.39 is 6.04 Å². The maximum atomic E-state index is 13.3. The Morgan fingerprint density at radius 2 is 1.68 bits per heavy atom. The quantitative estimate of drug-likeness (QED) is 0.156. The second kappa shape index (κ2) is 17.0. The zero-order valence-corrected chi connectivity index (χ0v) is 33.6. The van der Waals surface area contributed by atoms with E-state index >= 15 is 0 Å². The molecule has 14 heteroatoms. The third-order valence-electron chi connectivity index (χ3n) is 12.2. The van der Waals surface area contributed by atoms with Crippen molar-refractivity contribution in [3.8, 4) is 11.3 Å². The number of benzene rings is 3. The predicted octanol–water partition coefficient (Wildman–Crippen LogP) is 5.39. The maximum Gasteiger partial charge on any atom is 0.255 e. The Kier molecular flexibility index (Phi) is 11.0. The van der Waals surface area contributed by atoms with Gasteiger partial charge in [0.05, 0.1) is 5.69 Å². The Morgan fingerprint density at radius 1 is 0.867 bits per heavy atom. The van der Waals surface area contributed by atoms with Gasteiger partial charge in [0, 0.05) is 117 Å². The normalized spacial score (nSPS) is 18.9. The van der Waals surface area contributed by atoms with E-state index in [1.807, 2.05) is 79.7 Å². The number of imide groups is 1. The number of hydrogen-bond donors (Lipinski definition) is 3. The van der Waals surface area contributed by atoms with Gasteiger partial charge >= 0.3 is 0 Å². The van der Waals surface area contributed by atoms with Gasteiger partial charge in [-0.05, 0) is 104 Å². The molecule has 4 aliphatic heterocycles. The highest BCUT2D eigenvalue weighted by molar-refractivity contribution is 6.06. The van der Waals surface area contributed by atoms with Crippen LogP contribution in [-0.4, -0.2) is 105 Å². The smallest absolute Gasteiger partial charge is 0.255 e. The number of amides is 4. The predicted molar refractivity (Wildman–Crippen MR) is 229 cm³/mol. The van der Waals surface area contributed by atoms with Gasteiger partial charge in [0.25, 0.3) is 11.8 Å². The Morgan fingerprint density at radius 3 is 2.45 bits per heavy atom. The molecule has 3 saturated heterocycles. The van der Waals surface area contributed by atoms with E-state index in [4.69, 9.17) is 0 Å². The molecule has 14 nitrogen and oxygen atoms in total. The van der Waals surface area contributed by atoms with Crippen LogP contribution in [0.4, 0.5) is 23.0 Å².